The summed E-state index contributed by atoms with van der Waals surface area (Å²) in [6.45, 7) is 2.43. The lowest BCUT2D eigenvalue weighted by molar-refractivity contribution is -0.165. The molecule has 0 spiro atoms. The van der Waals surface area contributed by atoms with Crippen molar-refractivity contribution in [3.8, 4) is 11.8 Å². The van der Waals surface area contributed by atoms with Crippen molar-refractivity contribution in [2.75, 3.05) is 6.54 Å². The van der Waals surface area contributed by atoms with Crippen molar-refractivity contribution in [2.45, 2.75) is 51.1 Å². The summed E-state index contributed by atoms with van der Waals surface area (Å²) in [4.78, 5) is 42.7. The number of pyridine rings is 1. The molecule has 2 unspecified atom stereocenters. The van der Waals surface area contributed by atoms with Crippen LogP contribution in [0.5, 0.6) is 0 Å². The summed E-state index contributed by atoms with van der Waals surface area (Å²) in [7, 11) is 1.35. The zero-order valence-electron chi connectivity index (χ0n) is 19.8. The number of carboxylic acid groups (broad SMARTS) is 1. The van der Waals surface area contributed by atoms with Crippen molar-refractivity contribution in [1.29, 1.82) is 0 Å². The fraction of sp³-hybridized carbons (Fsp3) is 0.458. The van der Waals surface area contributed by atoms with E-state index in [1.165, 1.54) is 19.3 Å². The van der Waals surface area contributed by atoms with Crippen LogP contribution in [0.4, 0.5) is 8.78 Å². The molecule has 1 saturated carbocycles. The maximum Gasteiger partial charge on any atom is 0.331 e. The molecule has 2 aromatic rings. The van der Waals surface area contributed by atoms with Gasteiger partial charge in [0.05, 0.1) is 28.9 Å². The van der Waals surface area contributed by atoms with E-state index in [-0.39, 0.29) is 10.7 Å². The van der Waals surface area contributed by atoms with Crippen molar-refractivity contribution >= 4 is 29.4 Å². The molecule has 0 aliphatic heterocycles. The number of aromatic nitrogens is 3. The molecule has 0 saturated heterocycles. The molecule has 0 radical (unpaired) electrons. The number of hydrogen-bond donors (Lipinski definition) is 2. The number of esters is 1. The Morgan fingerprint density at radius 2 is 2.08 bits per heavy atom. The third kappa shape index (κ3) is 5.82. The number of nitrogens with one attached hydrogen (secondary N) is 1. The minimum Gasteiger partial charge on any atom is -0.480 e. The van der Waals surface area contributed by atoms with Crippen LogP contribution in [-0.4, -0.2) is 50.4 Å². The van der Waals surface area contributed by atoms with Crippen LogP contribution in [0.2, 0.25) is 5.02 Å². The Labute approximate surface area is 211 Å². The molecule has 36 heavy (non-hydrogen) atoms. The van der Waals surface area contributed by atoms with E-state index >= 15 is 0 Å². The molecule has 3 rings (SSSR count). The fourth-order valence-corrected chi connectivity index (χ4v) is 3.59. The van der Waals surface area contributed by atoms with Crippen LogP contribution < -0.4 is 5.32 Å². The lowest BCUT2D eigenvalue weighted by atomic mass is 9.83. The Balaban J connectivity index is 2.01. The third-order valence-corrected chi connectivity index (χ3v) is 5.95. The summed E-state index contributed by atoms with van der Waals surface area (Å²) in [6, 6.07) is 1.38. The van der Waals surface area contributed by atoms with Gasteiger partial charge in [-0.15, -0.1) is 0 Å². The molecule has 0 aromatic carbocycles. The number of carbonyl (C=O) groups is 3. The van der Waals surface area contributed by atoms with Crippen LogP contribution in [0.15, 0.2) is 18.5 Å². The van der Waals surface area contributed by atoms with Gasteiger partial charge >= 0.3 is 11.9 Å². The average molecular weight is 523 g/mol. The maximum absolute atomic E-state index is 13.3. The van der Waals surface area contributed by atoms with Gasteiger partial charge in [0, 0.05) is 30.9 Å². The minimum atomic E-state index is -3.05. The molecule has 1 amide bonds. The normalized spacial score (nSPS) is 15.4. The Hall–Kier alpha value is -3.52. The first-order valence-electron chi connectivity index (χ1n) is 11.2. The number of alkyl halides is 2. The van der Waals surface area contributed by atoms with E-state index in [2.05, 4.69) is 27.2 Å². The third-order valence-electron chi connectivity index (χ3n) is 5.66. The van der Waals surface area contributed by atoms with Crippen LogP contribution >= 0.6 is 11.6 Å². The predicted molar refractivity (Wildman–Crippen MR) is 125 cm³/mol. The van der Waals surface area contributed by atoms with E-state index in [0.29, 0.717) is 17.9 Å². The number of amides is 1. The Kier molecular flexibility index (Phi) is 8.30. The van der Waals surface area contributed by atoms with Gasteiger partial charge in [-0.1, -0.05) is 30.4 Å². The molecule has 2 heterocycles. The van der Waals surface area contributed by atoms with Crippen molar-refractivity contribution in [1.82, 2.24) is 20.1 Å². The number of aliphatic carboxylic acids is 1. The second-order valence-electron chi connectivity index (χ2n) is 8.52. The highest BCUT2D eigenvalue weighted by Crippen LogP contribution is 2.32. The van der Waals surface area contributed by atoms with Gasteiger partial charge in [0.15, 0.2) is 0 Å². The van der Waals surface area contributed by atoms with E-state index in [1.807, 2.05) is 0 Å². The number of nitrogens with zero attached hydrogens (tertiary/aromatic N) is 3. The minimum absolute atomic E-state index is 0.176. The number of halogens is 3. The van der Waals surface area contributed by atoms with Gasteiger partial charge in [-0.25, -0.2) is 8.78 Å². The van der Waals surface area contributed by atoms with E-state index in [4.69, 9.17) is 16.3 Å². The summed E-state index contributed by atoms with van der Waals surface area (Å²) in [5, 5.41) is 15.9. The monoisotopic (exact) mass is 522 g/mol. The zero-order chi connectivity index (χ0) is 26.6. The number of rotatable bonds is 9. The number of hydrogen-bond acceptors (Lipinski definition) is 6. The zero-order valence-corrected chi connectivity index (χ0v) is 20.6. The second-order valence-corrected chi connectivity index (χ2v) is 8.92. The van der Waals surface area contributed by atoms with Gasteiger partial charge < -0.3 is 15.2 Å². The SMILES string of the molecule is CCC(C)OC(=O)C(CNC(=O)c1cn(C)nc1C(F)F)(C(=O)O)c1ncc(C#CC2CC2)cc1Cl. The quantitative estimate of drug-likeness (QED) is 0.294. The highest BCUT2D eigenvalue weighted by atomic mass is 35.5. The van der Waals surface area contributed by atoms with Crippen molar-refractivity contribution in [2.24, 2.45) is 13.0 Å². The maximum atomic E-state index is 13.3. The molecule has 192 valence electrons. The molecule has 1 aliphatic rings. The topological polar surface area (TPSA) is 123 Å². The van der Waals surface area contributed by atoms with Crippen molar-refractivity contribution < 1.29 is 33.0 Å². The van der Waals surface area contributed by atoms with E-state index < -0.39 is 53.6 Å². The molecule has 0 bridgehead atoms. The fourth-order valence-electron chi connectivity index (χ4n) is 3.27. The molecule has 2 atom stereocenters. The Morgan fingerprint density at radius 3 is 2.64 bits per heavy atom. The highest BCUT2D eigenvalue weighted by Gasteiger charge is 2.53. The van der Waals surface area contributed by atoms with Crippen LogP contribution in [0, 0.1) is 17.8 Å². The summed E-state index contributed by atoms with van der Waals surface area (Å²) in [5.41, 5.74) is -3.76. The number of carboxylic acids is 1. The summed E-state index contributed by atoms with van der Waals surface area (Å²) >= 11 is 6.38. The molecular formula is C24H25ClF2N4O5. The Bertz CT molecular complexity index is 1230. The molecule has 12 heteroatoms. The second kappa shape index (κ2) is 11.0. The molecule has 9 nitrogen and oxygen atoms in total. The van der Waals surface area contributed by atoms with Crippen LogP contribution in [0.1, 0.15) is 66.8 Å². The average Bonchev–Trinajstić information content (AvgIpc) is 3.57. The Morgan fingerprint density at radius 1 is 1.39 bits per heavy atom. The van der Waals surface area contributed by atoms with Crippen molar-refractivity contribution in [3.63, 3.8) is 0 Å². The van der Waals surface area contributed by atoms with Gasteiger partial charge in [0.25, 0.3) is 12.3 Å². The first-order chi connectivity index (χ1) is 17.0. The lowest BCUT2D eigenvalue weighted by Gasteiger charge is -2.29. The van der Waals surface area contributed by atoms with E-state index in [0.717, 1.165) is 23.7 Å². The first-order valence-corrected chi connectivity index (χ1v) is 11.6. The van der Waals surface area contributed by atoms with Gasteiger partial charge in [-0.2, -0.15) is 5.10 Å². The largest absolute Gasteiger partial charge is 0.480 e. The standard InChI is InChI=1S/C24H25ClF2N4O5/c1-4-13(2)36-23(35)24(22(33)34,12-29-21(32)16-11-31(3)30-18(16)20(26)27)19-17(25)9-15(10-28-19)8-7-14-5-6-14/h9-11,13-14,20H,4-6,12H2,1-3H3,(H,29,32)(H,33,34). The number of carbonyl (C=O) groups excluding carboxylic acids is 2. The summed E-state index contributed by atoms with van der Waals surface area (Å²) < 4.78 is 33.0. The van der Waals surface area contributed by atoms with Gasteiger partial charge in [0.2, 0.25) is 5.41 Å². The highest BCUT2D eigenvalue weighted by molar-refractivity contribution is 6.32. The lowest BCUT2D eigenvalue weighted by Crippen LogP contribution is -2.54. The number of aryl methyl sites for hydroxylation is 1. The van der Waals surface area contributed by atoms with E-state index in [9.17, 15) is 28.3 Å². The molecule has 2 aromatic heterocycles. The molecular weight excluding hydrogens is 498 g/mol. The van der Waals surface area contributed by atoms with Gasteiger partial charge in [0.1, 0.15) is 5.69 Å². The van der Waals surface area contributed by atoms with Crippen molar-refractivity contribution in [3.05, 3.63) is 46.0 Å². The molecule has 1 fully saturated rings. The smallest absolute Gasteiger partial charge is 0.331 e. The van der Waals surface area contributed by atoms with Crippen LogP contribution in [0.3, 0.4) is 0 Å². The van der Waals surface area contributed by atoms with E-state index in [1.54, 1.807) is 13.8 Å². The summed E-state index contributed by atoms with van der Waals surface area (Å²) in [5.74, 6) is 2.28. The summed E-state index contributed by atoms with van der Waals surface area (Å²) in [6.07, 6.45) is 1.03. The van der Waals surface area contributed by atoms with Gasteiger partial charge in [-0.3, -0.25) is 24.0 Å². The molecule has 1 aliphatic carbocycles. The van der Waals surface area contributed by atoms with Crippen LogP contribution in [0.25, 0.3) is 0 Å². The predicted octanol–water partition coefficient (Wildman–Crippen LogP) is 3.26. The number of ether oxygens (including phenoxy) is 1. The molecule has 2 N–H and O–H groups in total. The van der Waals surface area contributed by atoms with Crippen LogP contribution in [-0.2, 0) is 26.8 Å². The first kappa shape index (κ1) is 27.1. The van der Waals surface area contributed by atoms with Gasteiger partial charge in [-0.05, 0) is 32.3 Å².